The number of amides is 1. The van der Waals surface area contributed by atoms with Crippen LogP contribution < -0.4 is 10.3 Å². The van der Waals surface area contributed by atoms with Crippen molar-refractivity contribution in [3.63, 3.8) is 0 Å². The van der Waals surface area contributed by atoms with Crippen molar-refractivity contribution in [2.75, 3.05) is 0 Å². The molecule has 1 aromatic carbocycles. The monoisotopic (exact) mass is 334 g/mol. The number of hydrogen-bond acceptors (Lipinski definition) is 3. The summed E-state index contributed by atoms with van der Waals surface area (Å²) in [5.41, 5.74) is 2.18. The second-order valence-corrected chi connectivity index (χ2v) is 6.45. The van der Waals surface area contributed by atoms with Crippen LogP contribution >= 0.6 is 15.9 Å². The lowest BCUT2D eigenvalue weighted by molar-refractivity contribution is -0.121. The number of benzene rings is 1. The van der Waals surface area contributed by atoms with Crippen LogP contribution in [0.15, 0.2) is 35.2 Å². The molecule has 2 N–H and O–H groups in total. The molecule has 1 aromatic rings. The van der Waals surface area contributed by atoms with Gasteiger partial charge >= 0.3 is 0 Å². The summed E-state index contributed by atoms with van der Waals surface area (Å²) >= 11 is 3.18. The standard InChI is InChI=1S/C11H15BrN2O3S/c1-2-6-10(12)11(15)13-14-18(16,17)9-7-4-3-5-8-9/h3-5,7-8,10,14H,2,6H2,1H3,(H,13,15)/t10-/m0/s1. The van der Waals surface area contributed by atoms with Crippen molar-refractivity contribution in [1.82, 2.24) is 10.3 Å². The van der Waals surface area contributed by atoms with Crippen molar-refractivity contribution < 1.29 is 13.2 Å². The Labute approximate surface area is 115 Å². The van der Waals surface area contributed by atoms with Crippen LogP contribution in [-0.2, 0) is 14.8 Å². The fraction of sp³-hybridized carbons (Fsp3) is 0.364. The molecule has 0 aromatic heterocycles. The molecule has 0 heterocycles. The lowest BCUT2D eigenvalue weighted by Crippen LogP contribution is -2.44. The van der Waals surface area contributed by atoms with Gasteiger partial charge in [-0.15, -0.1) is 4.83 Å². The summed E-state index contributed by atoms with van der Waals surface area (Å²) in [6.45, 7) is 1.94. The fourth-order valence-electron chi connectivity index (χ4n) is 1.24. The van der Waals surface area contributed by atoms with E-state index in [1.165, 1.54) is 12.1 Å². The van der Waals surface area contributed by atoms with Crippen molar-refractivity contribution in [1.29, 1.82) is 0 Å². The molecule has 100 valence electrons. The van der Waals surface area contributed by atoms with Crippen LogP contribution in [0.4, 0.5) is 0 Å². The summed E-state index contributed by atoms with van der Waals surface area (Å²) in [5.74, 6) is -0.406. The molecule has 0 saturated heterocycles. The quantitative estimate of drug-likeness (QED) is 0.612. The molecule has 1 amide bonds. The summed E-state index contributed by atoms with van der Waals surface area (Å²) in [4.78, 5) is 13.3. The lowest BCUT2D eigenvalue weighted by atomic mass is 10.2. The fourth-order valence-corrected chi connectivity index (χ4v) is 2.68. The molecule has 0 bridgehead atoms. The molecule has 0 aliphatic rings. The Balaban J connectivity index is 2.61. The van der Waals surface area contributed by atoms with Gasteiger partial charge in [0.15, 0.2) is 0 Å². The molecule has 0 fully saturated rings. The zero-order chi connectivity index (χ0) is 13.6. The third-order valence-electron chi connectivity index (χ3n) is 2.19. The average Bonchev–Trinajstić information content (AvgIpc) is 2.37. The highest BCUT2D eigenvalue weighted by Crippen LogP contribution is 2.08. The zero-order valence-electron chi connectivity index (χ0n) is 9.89. The van der Waals surface area contributed by atoms with Gasteiger partial charge in [-0.05, 0) is 18.6 Å². The number of hydrazine groups is 1. The van der Waals surface area contributed by atoms with Gasteiger partial charge in [-0.1, -0.05) is 47.5 Å². The Morgan fingerprint density at radius 3 is 2.50 bits per heavy atom. The van der Waals surface area contributed by atoms with Crippen molar-refractivity contribution in [3.05, 3.63) is 30.3 Å². The number of carbonyl (C=O) groups excluding carboxylic acids is 1. The predicted molar refractivity (Wildman–Crippen MR) is 72.5 cm³/mol. The molecule has 18 heavy (non-hydrogen) atoms. The van der Waals surface area contributed by atoms with Gasteiger partial charge in [0.25, 0.3) is 10.0 Å². The normalized spacial score (nSPS) is 13.0. The first kappa shape index (κ1) is 15.1. The van der Waals surface area contributed by atoms with E-state index in [4.69, 9.17) is 0 Å². The Bertz CT molecular complexity index is 490. The average molecular weight is 335 g/mol. The Morgan fingerprint density at radius 1 is 1.33 bits per heavy atom. The Hall–Kier alpha value is -0.920. The van der Waals surface area contributed by atoms with E-state index in [9.17, 15) is 13.2 Å². The first-order valence-corrected chi connectivity index (χ1v) is 7.88. The summed E-state index contributed by atoms with van der Waals surface area (Å²) in [6, 6.07) is 7.84. The first-order chi connectivity index (χ1) is 8.47. The van der Waals surface area contributed by atoms with Gasteiger partial charge < -0.3 is 0 Å². The number of hydrogen-bond donors (Lipinski definition) is 2. The second-order valence-electron chi connectivity index (χ2n) is 3.66. The number of alkyl halides is 1. The number of sulfonamides is 1. The van der Waals surface area contributed by atoms with E-state index in [1.807, 2.05) is 6.92 Å². The van der Waals surface area contributed by atoms with Gasteiger partial charge in [-0.3, -0.25) is 10.2 Å². The minimum Gasteiger partial charge on any atom is -0.277 e. The molecule has 7 heteroatoms. The predicted octanol–water partition coefficient (Wildman–Crippen LogP) is 1.56. The van der Waals surface area contributed by atoms with Crippen molar-refractivity contribution in [2.24, 2.45) is 0 Å². The molecule has 0 saturated carbocycles. The molecule has 0 spiro atoms. The van der Waals surface area contributed by atoms with Crippen LogP contribution in [0, 0.1) is 0 Å². The van der Waals surface area contributed by atoms with Crippen molar-refractivity contribution in [3.8, 4) is 0 Å². The van der Waals surface area contributed by atoms with Crippen LogP contribution in [0.3, 0.4) is 0 Å². The smallest absolute Gasteiger partial charge is 0.257 e. The Kier molecular flexibility index (Phi) is 5.77. The van der Waals surface area contributed by atoms with Gasteiger partial charge in [-0.25, -0.2) is 8.42 Å². The topological polar surface area (TPSA) is 75.3 Å². The SMILES string of the molecule is CCC[C@H](Br)C(=O)NNS(=O)(=O)c1ccccc1. The molecular weight excluding hydrogens is 320 g/mol. The number of nitrogens with one attached hydrogen (secondary N) is 2. The largest absolute Gasteiger partial charge is 0.277 e. The van der Waals surface area contributed by atoms with E-state index in [2.05, 4.69) is 26.2 Å². The highest BCUT2D eigenvalue weighted by Gasteiger charge is 2.18. The van der Waals surface area contributed by atoms with Crippen LogP contribution in [-0.4, -0.2) is 19.2 Å². The van der Waals surface area contributed by atoms with Crippen molar-refractivity contribution >= 4 is 31.9 Å². The van der Waals surface area contributed by atoms with Crippen LogP contribution in [0.5, 0.6) is 0 Å². The zero-order valence-corrected chi connectivity index (χ0v) is 12.3. The molecule has 1 atom stereocenters. The highest BCUT2D eigenvalue weighted by molar-refractivity contribution is 9.10. The van der Waals surface area contributed by atoms with Crippen molar-refractivity contribution in [2.45, 2.75) is 29.5 Å². The maximum absolute atomic E-state index is 11.8. The maximum atomic E-state index is 11.8. The minimum atomic E-state index is -3.71. The number of carbonyl (C=O) groups is 1. The molecule has 1 rings (SSSR count). The van der Waals surface area contributed by atoms with Crippen LogP contribution in [0.2, 0.25) is 0 Å². The number of halogens is 1. The third kappa shape index (κ3) is 4.40. The van der Waals surface area contributed by atoms with Gasteiger partial charge in [-0.2, -0.15) is 0 Å². The highest BCUT2D eigenvalue weighted by atomic mass is 79.9. The van der Waals surface area contributed by atoms with Gasteiger partial charge in [0.2, 0.25) is 5.91 Å². The van der Waals surface area contributed by atoms with E-state index in [0.717, 1.165) is 6.42 Å². The summed E-state index contributed by atoms with van der Waals surface area (Å²) < 4.78 is 23.6. The van der Waals surface area contributed by atoms with Gasteiger partial charge in [0.1, 0.15) is 0 Å². The lowest BCUT2D eigenvalue weighted by Gasteiger charge is -2.11. The van der Waals surface area contributed by atoms with E-state index >= 15 is 0 Å². The van der Waals surface area contributed by atoms with E-state index in [1.54, 1.807) is 18.2 Å². The van der Waals surface area contributed by atoms with E-state index in [-0.39, 0.29) is 4.90 Å². The summed E-state index contributed by atoms with van der Waals surface area (Å²) in [7, 11) is -3.71. The second kappa shape index (κ2) is 6.86. The number of rotatable bonds is 6. The summed E-state index contributed by atoms with van der Waals surface area (Å²) in [5, 5.41) is 0. The minimum absolute atomic E-state index is 0.104. The molecule has 0 aliphatic heterocycles. The first-order valence-electron chi connectivity index (χ1n) is 5.48. The third-order valence-corrected chi connectivity index (χ3v) is 4.33. The summed E-state index contributed by atoms with van der Waals surface area (Å²) in [6.07, 6.45) is 1.47. The van der Waals surface area contributed by atoms with Crippen LogP contribution in [0.25, 0.3) is 0 Å². The van der Waals surface area contributed by atoms with E-state index in [0.29, 0.717) is 6.42 Å². The maximum Gasteiger partial charge on any atom is 0.257 e. The molecule has 0 aliphatic carbocycles. The van der Waals surface area contributed by atoms with Crippen LogP contribution in [0.1, 0.15) is 19.8 Å². The molecule has 0 unspecified atom stereocenters. The Morgan fingerprint density at radius 2 is 1.94 bits per heavy atom. The van der Waals surface area contributed by atoms with Gasteiger partial charge in [0, 0.05) is 0 Å². The van der Waals surface area contributed by atoms with E-state index < -0.39 is 20.8 Å². The molecular formula is C11H15BrN2O3S. The van der Waals surface area contributed by atoms with Gasteiger partial charge in [0.05, 0.1) is 9.72 Å². The molecule has 0 radical (unpaired) electrons. The molecule has 5 nitrogen and oxygen atoms in total.